The molecule has 121 valence electrons. The highest BCUT2D eigenvalue weighted by Crippen LogP contribution is 2.34. The highest BCUT2D eigenvalue weighted by atomic mass is 15.1. The Labute approximate surface area is 128 Å². The quantitative estimate of drug-likeness (QED) is 0.546. The Kier molecular flexibility index (Phi) is 10.5. The summed E-state index contributed by atoms with van der Waals surface area (Å²) in [5.74, 6) is 0. The van der Waals surface area contributed by atoms with Gasteiger partial charge in [0, 0.05) is 0 Å². The molecule has 0 aliphatic rings. The van der Waals surface area contributed by atoms with E-state index in [1.54, 1.807) is 0 Å². The Morgan fingerprint density at radius 3 is 1.05 bits per heavy atom. The molecule has 0 aromatic carbocycles. The molecule has 20 heavy (non-hydrogen) atoms. The van der Waals surface area contributed by atoms with E-state index < -0.39 is 0 Å². The van der Waals surface area contributed by atoms with E-state index >= 15 is 0 Å². The van der Waals surface area contributed by atoms with Gasteiger partial charge in [-0.05, 0) is 113 Å². The van der Waals surface area contributed by atoms with Gasteiger partial charge < -0.3 is 14.7 Å². The molecule has 0 atom stereocenters. The van der Waals surface area contributed by atoms with Crippen LogP contribution in [-0.2, 0) is 0 Å². The van der Waals surface area contributed by atoms with Crippen molar-refractivity contribution >= 4 is 0 Å². The molecule has 0 aromatic rings. The van der Waals surface area contributed by atoms with Gasteiger partial charge in [0.15, 0.2) is 0 Å². The Morgan fingerprint density at radius 1 is 0.600 bits per heavy atom. The van der Waals surface area contributed by atoms with Crippen molar-refractivity contribution in [2.45, 2.75) is 38.5 Å². The second-order valence-corrected chi connectivity index (χ2v) is 7.22. The molecule has 0 aliphatic heterocycles. The summed E-state index contributed by atoms with van der Waals surface area (Å²) in [5.41, 5.74) is 0.280. The van der Waals surface area contributed by atoms with E-state index in [0.717, 1.165) is 0 Å². The highest BCUT2D eigenvalue weighted by molar-refractivity contribution is 4.82. The molecule has 0 rings (SSSR count). The fourth-order valence-corrected chi connectivity index (χ4v) is 2.69. The van der Waals surface area contributed by atoms with Crippen molar-refractivity contribution in [2.24, 2.45) is 5.41 Å². The Hall–Kier alpha value is -0.120. The third-order valence-electron chi connectivity index (χ3n) is 3.94. The molecular formula is C17H38N3. The van der Waals surface area contributed by atoms with Crippen molar-refractivity contribution in [1.82, 2.24) is 14.7 Å². The van der Waals surface area contributed by atoms with E-state index in [-0.39, 0.29) is 5.41 Å². The first-order valence-corrected chi connectivity index (χ1v) is 8.05. The van der Waals surface area contributed by atoms with Crippen LogP contribution in [0.4, 0.5) is 0 Å². The van der Waals surface area contributed by atoms with Gasteiger partial charge in [0.1, 0.15) is 0 Å². The number of hydrogen-bond donors (Lipinski definition) is 0. The minimum absolute atomic E-state index is 0.280. The minimum Gasteiger partial charge on any atom is -0.309 e. The van der Waals surface area contributed by atoms with E-state index in [9.17, 15) is 0 Å². The summed E-state index contributed by atoms with van der Waals surface area (Å²) in [6, 6.07) is 0. The van der Waals surface area contributed by atoms with Gasteiger partial charge in [0.05, 0.1) is 0 Å². The third-order valence-corrected chi connectivity index (χ3v) is 3.94. The fraction of sp³-hybridized carbons (Fsp3) is 0.941. The van der Waals surface area contributed by atoms with Crippen LogP contribution in [0.25, 0.3) is 0 Å². The molecule has 0 saturated heterocycles. The predicted molar refractivity (Wildman–Crippen MR) is 91.2 cm³/mol. The van der Waals surface area contributed by atoms with Crippen molar-refractivity contribution in [2.75, 3.05) is 61.9 Å². The van der Waals surface area contributed by atoms with Gasteiger partial charge in [-0.2, -0.15) is 0 Å². The van der Waals surface area contributed by atoms with Crippen LogP contribution in [0.1, 0.15) is 38.5 Å². The fourth-order valence-electron chi connectivity index (χ4n) is 2.69. The van der Waals surface area contributed by atoms with Crippen molar-refractivity contribution < 1.29 is 0 Å². The lowest BCUT2D eigenvalue weighted by Crippen LogP contribution is -2.24. The average Bonchev–Trinajstić information content (AvgIpc) is 2.27. The maximum atomic E-state index is 4.60. The Morgan fingerprint density at radius 2 is 0.850 bits per heavy atom. The van der Waals surface area contributed by atoms with Crippen LogP contribution < -0.4 is 0 Å². The summed E-state index contributed by atoms with van der Waals surface area (Å²) >= 11 is 0. The van der Waals surface area contributed by atoms with Gasteiger partial charge in [0.2, 0.25) is 0 Å². The van der Waals surface area contributed by atoms with Crippen LogP contribution in [0.2, 0.25) is 0 Å². The molecule has 0 spiro atoms. The largest absolute Gasteiger partial charge is 0.309 e. The van der Waals surface area contributed by atoms with E-state index in [1.165, 1.54) is 58.2 Å². The summed E-state index contributed by atoms with van der Waals surface area (Å²) in [6.07, 6.45) is 7.56. The van der Waals surface area contributed by atoms with Gasteiger partial charge >= 0.3 is 0 Å². The van der Waals surface area contributed by atoms with Crippen molar-refractivity contribution in [3.8, 4) is 0 Å². The smallest absolute Gasteiger partial charge is 0.00246 e. The van der Waals surface area contributed by atoms with Gasteiger partial charge in [-0.15, -0.1) is 0 Å². The number of rotatable bonds is 12. The van der Waals surface area contributed by atoms with E-state index in [2.05, 4.69) is 63.9 Å². The Balaban J connectivity index is 4.18. The normalized spacial score (nSPS) is 12.9. The van der Waals surface area contributed by atoms with Crippen LogP contribution >= 0.6 is 0 Å². The maximum Gasteiger partial charge on any atom is -0.00246 e. The molecule has 0 bridgehead atoms. The SMILES string of the molecule is [CH2]C(CCCN(C)C)(CCCN(C)C)CCCN(C)C. The van der Waals surface area contributed by atoms with Gasteiger partial charge in [-0.3, -0.25) is 0 Å². The van der Waals surface area contributed by atoms with Gasteiger partial charge in [-0.25, -0.2) is 0 Å². The molecule has 0 aromatic heterocycles. The van der Waals surface area contributed by atoms with Crippen LogP contribution in [0.3, 0.4) is 0 Å². The summed E-state index contributed by atoms with van der Waals surface area (Å²) < 4.78 is 0. The summed E-state index contributed by atoms with van der Waals surface area (Å²) in [4.78, 5) is 6.83. The standard InChI is InChI=1S/C17H38N3/c1-17(11-8-14-18(2)3,12-9-15-19(4)5)13-10-16-20(6)7/h1,8-16H2,2-7H3. The number of hydrogen-bond acceptors (Lipinski definition) is 3. The highest BCUT2D eigenvalue weighted by Gasteiger charge is 2.23. The third kappa shape index (κ3) is 11.7. The van der Waals surface area contributed by atoms with Crippen molar-refractivity contribution in [3.63, 3.8) is 0 Å². The second-order valence-electron chi connectivity index (χ2n) is 7.22. The predicted octanol–water partition coefficient (Wildman–Crippen LogP) is 2.83. The second kappa shape index (κ2) is 10.6. The zero-order valence-corrected chi connectivity index (χ0v) is 14.9. The first-order chi connectivity index (χ1) is 9.25. The molecule has 3 nitrogen and oxygen atoms in total. The van der Waals surface area contributed by atoms with Crippen LogP contribution in [0.5, 0.6) is 0 Å². The molecular weight excluding hydrogens is 246 g/mol. The molecule has 0 amide bonds. The lowest BCUT2D eigenvalue weighted by atomic mass is 9.77. The van der Waals surface area contributed by atoms with Gasteiger partial charge in [0.25, 0.3) is 0 Å². The molecule has 0 fully saturated rings. The summed E-state index contributed by atoms with van der Waals surface area (Å²) in [6.45, 7) is 8.14. The molecule has 0 N–H and O–H groups in total. The topological polar surface area (TPSA) is 9.72 Å². The lowest BCUT2D eigenvalue weighted by molar-refractivity contribution is 0.233. The van der Waals surface area contributed by atoms with Crippen LogP contribution in [-0.4, -0.2) is 76.6 Å². The average molecular weight is 285 g/mol. The molecule has 3 heteroatoms. The molecule has 0 heterocycles. The summed E-state index contributed by atoms with van der Waals surface area (Å²) in [7, 11) is 12.9. The zero-order chi connectivity index (χ0) is 15.6. The minimum atomic E-state index is 0.280. The first kappa shape index (κ1) is 19.9. The molecule has 1 radical (unpaired) electrons. The molecule has 0 aliphatic carbocycles. The molecule has 0 unspecified atom stereocenters. The van der Waals surface area contributed by atoms with Gasteiger partial charge in [-0.1, -0.05) is 0 Å². The Bertz CT molecular complexity index is 188. The zero-order valence-electron chi connectivity index (χ0n) is 14.9. The van der Waals surface area contributed by atoms with Crippen LogP contribution in [0, 0.1) is 12.3 Å². The number of nitrogens with zero attached hydrogens (tertiary/aromatic N) is 3. The first-order valence-electron chi connectivity index (χ1n) is 8.05. The lowest BCUT2D eigenvalue weighted by Gasteiger charge is -2.31. The van der Waals surface area contributed by atoms with Crippen LogP contribution in [0.15, 0.2) is 0 Å². The van der Waals surface area contributed by atoms with Crippen molar-refractivity contribution in [1.29, 1.82) is 0 Å². The van der Waals surface area contributed by atoms with E-state index in [1.807, 2.05) is 0 Å². The van der Waals surface area contributed by atoms with E-state index in [0.29, 0.717) is 0 Å². The maximum absolute atomic E-state index is 4.60. The van der Waals surface area contributed by atoms with Crippen molar-refractivity contribution in [3.05, 3.63) is 6.92 Å². The van der Waals surface area contributed by atoms with E-state index in [4.69, 9.17) is 0 Å². The monoisotopic (exact) mass is 284 g/mol. The summed E-state index contributed by atoms with van der Waals surface area (Å²) in [5, 5.41) is 0. The molecule has 0 saturated carbocycles.